The van der Waals surface area contributed by atoms with E-state index in [1.54, 1.807) is 33.8 Å². The molecule has 0 N–H and O–H groups in total. The van der Waals surface area contributed by atoms with Crippen LogP contribution < -0.4 is 4.74 Å². The van der Waals surface area contributed by atoms with Crippen molar-refractivity contribution in [2.45, 2.75) is 70.0 Å². The highest BCUT2D eigenvalue weighted by molar-refractivity contribution is 5.85. The summed E-state index contributed by atoms with van der Waals surface area (Å²) in [4.78, 5) is 13.0. The van der Waals surface area contributed by atoms with Gasteiger partial charge in [-0.3, -0.25) is 0 Å². The van der Waals surface area contributed by atoms with E-state index < -0.39 is 48.2 Å². The van der Waals surface area contributed by atoms with Gasteiger partial charge in [0.2, 0.25) is 0 Å². The van der Waals surface area contributed by atoms with Crippen LogP contribution in [0.3, 0.4) is 0 Å². The molecule has 0 radical (unpaired) electrons. The molecule has 3 fully saturated rings. The Bertz CT molecular complexity index is 953. The molecule has 154 valence electrons. The topological polar surface area (TPSA) is 72.5 Å². The van der Waals surface area contributed by atoms with Gasteiger partial charge in [0.1, 0.15) is 24.1 Å². The molecular weight excluding hydrogens is 376 g/mol. The summed E-state index contributed by atoms with van der Waals surface area (Å²) in [6.45, 7) is 7.19. The third-order valence-electron chi connectivity index (χ3n) is 5.33. The molecule has 5 atom stereocenters. The summed E-state index contributed by atoms with van der Waals surface area (Å²) in [6.07, 6.45) is -3.37. The van der Waals surface area contributed by atoms with Gasteiger partial charge in [-0.15, -0.1) is 0 Å². The van der Waals surface area contributed by atoms with Crippen LogP contribution in [-0.2, 0) is 28.5 Å². The van der Waals surface area contributed by atoms with Gasteiger partial charge < -0.3 is 28.4 Å². The number of benzene rings is 2. The Balaban J connectivity index is 1.40. The minimum atomic E-state index is -0.994. The zero-order valence-electron chi connectivity index (χ0n) is 16.8. The van der Waals surface area contributed by atoms with Gasteiger partial charge in [0.15, 0.2) is 24.0 Å². The first-order valence-electron chi connectivity index (χ1n) is 9.78. The van der Waals surface area contributed by atoms with E-state index in [0.29, 0.717) is 5.75 Å². The maximum Gasteiger partial charge on any atom is 0.343 e. The van der Waals surface area contributed by atoms with Crippen LogP contribution in [0.2, 0.25) is 0 Å². The second-order valence-electron chi connectivity index (χ2n) is 8.52. The average molecular weight is 400 g/mol. The Morgan fingerprint density at radius 3 is 2.28 bits per heavy atom. The zero-order chi connectivity index (χ0) is 20.4. The van der Waals surface area contributed by atoms with Crippen LogP contribution in [0.1, 0.15) is 27.7 Å². The lowest BCUT2D eigenvalue weighted by molar-refractivity contribution is -0.236. The summed E-state index contributed by atoms with van der Waals surface area (Å²) in [7, 11) is 0. The van der Waals surface area contributed by atoms with Crippen molar-refractivity contribution in [3.63, 3.8) is 0 Å². The molecule has 3 heterocycles. The van der Waals surface area contributed by atoms with E-state index in [-0.39, 0.29) is 0 Å². The second-order valence-corrected chi connectivity index (χ2v) is 8.52. The summed E-state index contributed by atoms with van der Waals surface area (Å²) < 4.78 is 35.4. The fourth-order valence-corrected chi connectivity index (χ4v) is 4.21. The summed E-state index contributed by atoms with van der Waals surface area (Å²) in [5.74, 6) is -1.82. The standard InChI is InChI=1S/C22H24O7/c1-21(2)26-15-16(27-21)18-20(29-22(3,4)28-18)25-17(15)19(23)24-14-10-9-12-7-5-6-8-13(12)11-14/h5-11,15-18,20H,1-4H3/t15-,16+,17-,18-,20+/m1/s1. The van der Waals surface area contributed by atoms with E-state index in [1.165, 1.54) is 0 Å². The van der Waals surface area contributed by atoms with Crippen LogP contribution in [0.4, 0.5) is 0 Å². The van der Waals surface area contributed by atoms with Gasteiger partial charge in [-0.25, -0.2) is 4.79 Å². The molecule has 0 unspecified atom stereocenters. The van der Waals surface area contributed by atoms with Gasteiger partial charge >= 0.3 is 5.97 Å². The number of carbonyl (C=O) groups excluding carboxylic acids is 1. The number of ether oxygens (including phenoxy) is 6. The predicted molar refractivity (Wildman–Crippen MR) is 102 cm³/mol. The molecule has 7 nitrogen and oxygen atoms in total. The largest absolute Gasteiger partial charge is 0.425 e. The summed E-state index contributed by atoms with van der Waals surface area (Å²) in [6, 6.07) is 13.4. The van der Waals surface area contributed by atoms with E-state index in [2.05, 4.69) is 0 Å². The smallest absolute Gasteiger partial charge is 0.343 e. The van der Waals surface area contributed by atoms with Crippen molar-refractivity contribution in [1.82, 2.24) is 0 Å². The number of carbonyl (C=O) groups is 1. The third-order valence-corrected chi connectivity index (χ3v) is 5.33. The molecule has 7 heteroatoms. The maximum absolute atomic E-state index is 13.0. The van der Waals surface area contributed by atoms with Gasteiger partial charge in [0.05, 0.1) is 0 Å². The normalized spacial score (nSPS) is 34.6. The molecule has 0 spiro atoms. The first kappa shape index (κ1) is 19.0. The Kier molecular flexibility index (Phi) is 4.24. The Morgan fingerprint density at radius 2 is 1.48 bits per heavy atom. The van der Waals surface area contributed by atoms with Crippen LogP contribution in [-0.4, -0.2) is 48.2 Å². The zero-order valence-corrected chi connectivity index (χ0v) is 16.8. The molecule has 0 aromatic heterocycles. The number of esters is 1. The van der Waals surface area contributed by atoms with Crippen LogP contribution in [0.25, 0.3) is 10.8 Å². The number of rotatable bonds is 2. The molecule has 0 saturated carbocycles. The third kappa shape index (κ3) is 3.43. The monoisotopic (exact) mass is 400 g/mol. The molecule has 0 amide bonds. The van der Waals surface area contributed by atoms with Gasteiger partial charge in [0, 0.05) is 0 Å². The summed E-state index contributed by atoms with van der Waals surface area (Å²) in [5, 5.41) is 2.05. The van der Waals surface area contributed by atoms with Crippen molar-refractivity contribution < 1.29 is 33.2 Å². The number of fused-ring (bicyclic) bond motifs is 4. The van der Waals surface area contributed by atoms with Gasteiger partial charge in [-0.05, 0) is 50.6 Å². The molecule has 29 heavy (non-hydrogen) atoms. The van der Waals surface area contributed by atoms with Crippen molar-refractivity contribution in [2.24, 2.45) is 0 Å². The fraction of sp³-hybridized carbons (Fsp3) is 0.500. The van der Waals surface area contributed by atoms with E-state index >= 15 is 0 Å². The fourth-order valence-electron chi connectivity index (χ4n) is 4.21. The van der Waals surface area contributed by atoms with Crippen molar-refractivity contribution in [3.8, 4) is 5.75 Å². The maximum atomic E-state index is 13.0. The van der Waals surface area contributed by atoms with E-state index in [1.807, 2.05) is 36.4 Å². The van der Waals surface area contributed by atoms with Crippen LogP contribution >= 0.6 is 0 Å². The Morgan fingerprint density at radius 1 is 0.828 bits per heavy atom. The van der Waals surface area contributed by atoms with E-state index in [0.717, 1.165) is 10.8 Å². The molecule has 0 bridgehead atoms. The Hall–Kier alpha value is -2.03. The lowest BCUT2D eigenvalue weighted by atomic mass is 9.99. The molecule has 5 rings (SSSR count). The molecule has 2 aromatic carbocycles. The quantitative estimate of drug-likeness (QED) is 0.566. The molecular formula is C22H24O7. The van der Waals surface area contributed by atoms with Crippen LogP contribution in [0.15, 0.2) is 42.5 Å². The minimum Gasteiger partial charge on any atom is -0.425 e. The number of hydrogen-bond donors (Lipinski definition) is 0. The highest BCUT2D eigenvalue weighted by Crippen LogP contribution is 2.44. The lowest BCUT2D eigenvalue weighted by Gasteiger charge is -2.35. The van der Waals surface area contributed by atoms with Gasteiger partial charge in [-0.1, -0.05) is 30.3 Å². The van der Waals surface area contributed by atoms with E-state index in [9.17, 15) is 4.79 Å². The van der Waals surface area contributed by atoms with Crippen LogP contribution in [0.5, 0.6) is 5.75 Å². The molecule has 3 aliphatic heterocycles. The van der Waals surface area contributed by atoms with Crippen molar-refractivity contribution >= 4 is 16.7 Å². The molecule has 3 aliphatic rings. The SMILES string of the molecule is CC1(C)O[C@H]2[C@@H](O1)[C@H](C(=O)Oc1ccc3ccccc3c1)O[C@H]1OC(C)(C)O[C@@H]12. The summed E-state index contributed by atoms with van der Waals surface area (Å²) >= 11 is 0. The predicted octanol–water partition coefficient (Wildman–Crippen LogP) is 3.14. The first-order valence-corrected chi connectivity index (χ1v) is 9.78. The summed E-state index contributed by atoms with van der Waals surface area (Å²) in [5.41, 5.74) is 0. The molecule has 0 aliphatic carbocycles. The van der Waals surface area contributed by atoms with Crippen molar-refractivity contribution in [2.75, 3.05) is 0 Å². The van der Waals surface area contributed by atoms with E-state index in [4.69, 9.17) is 28.4 Å². The average Bonchev–Trinajstić information content (AvgIpc) is 3.14. The van der Waals surface area contributed by atoms with Crippen molar-refractivity contribution in [1.29, 1.82) is 0 Å². The van der Waals surface area contributed by atoms with Crippen molar-refractivity contribution in [3.05, 3.63) is 42.5 Å². The molecule has 2 aromatic rings. The lowest BCUT2D eigenvalue weighted by Crippen LogP contribution is -2.58. The minimum absolute atomic E-state index is 0.443. The van der Waals surface area contributed by atoms with Gasteiger partial charge in [-0.2, -0.15) is 0 Å². The number of hydrogen-bond acceptors (Lipinski definition) is 7. The highest BCUT2D eigenvalue weighted by atomic mass is 16.9. The molecule has 3 saturated heterocycles. The second kappa shape index (κ2) is 6.48. The Labute approximate surface area is 168 Å². The van der Waals surface area contributed by atoms with Crippen LogP contribution in [0, 0.1) is 0 Å². The first-order chi connectivity index (χ1) is 13.7. The highest BCUT2D eigenvalue weighted by Gasteiger charge is 2.62. The van der Waals surface area contributed by atoms with Gasteiger partial charge in [0.25, 0.3) is 0 Å².